The summed E-state index contributed by atoms with van der Waals surface area (Å²) in [6, 6.07) is 18.8. The molecule has 3 atom stereocenters. The average Bonchev–Trinajstić information content (AvgIpc) is 3.93. The summed E-state index contributed by atoms with van der Waals surface area (Å²) in [5, 5.41) is 18.9. The summed E-state index contributed by atoms with van der Waals surface area (Å²) in [4.78, 5) is 58.8. The first-order valence-corrected chi connectivity index (χ1v) is 24.9. The Balaban J connectivity index is 0.678. The number of anilines is 2. The number of piperazine rings is 2. The Bertz CT molecular complexity index is 2930. The molecule has 6 aliphatic heterocycles. The summed E-state index contributed by atoms with van der Waals surface area (Å²) < 4.78 is 23.7. The molecule has 12 rings (SSSR count). The van der Waals surface area contributed by atoms with Crippen LogP contribution in [0.25, 0.3) is 32.8 Å². The lowest BCUT2D eigenvalue weighted by atomic mass is 9.93. The molecule has 1 saturated carbocycles. The maximum absolute atomic E-state index is 17.2. The lowest BCUT2D eigenvalue weighted by Crippen LogP contribution is -2.52. The number of likely N-dealkylation sites (tertiary alicyclic amines) is 1. The second-order valence-electron chi connectivity index (χ2n) is 20.8. The molecule has 69 heavy (non-hydrogen) atoms. The van der Waals surface area contributed by atoms with E-state index in [0.29, 0.717) is 76.4 Å². The summed E-state index contributed by atoms with van der Waals surface area (Å²) in [7, 11) is 0. The van der Waals surface area contributed by atoms with Crippen molar-refractivity contribution < 1.29 is 28.6 Å². The van der Waals surface area contributed by atoms with E-state index in [1.807, 2.05) is 36.4 Å². The molecule has 2 bridgehead atoms. The third-order valence-electron chi connectivity index (χ3n) is 16.2. The number of phenols is 1. The number of rotatable bonds is 11. The van der Waals surface area contributed by atoms with E-state index in [1.54, 1.807) is 23.1 Å². The molecule has 0 radical (unpaired) electrons. The van der Waals surface area contributed by atoms with Gasteiger partial charge < -0.3 is 34.8 Å². The Kier molecular flexibility index (Phi) is 11.2. The van der Waals surface area contributed by atoms with E-state index < -0.39 is 11.9 Å². The van der Waals surface area contributed by atoms with E-state index in [-0.39, 0.29) is 46.8 Å². The summed E-state index contributed by atoms with van der Waals surface area (Å²) in [5.74, 6) is 2.81. The van der Waals surface area contributed by atoms with Crippen LogP contribution >= 0.6 is 0 Å². The minimum absolute atomic E-state index is 0.0103. The van der Waals surface area contributed by atoms with Gasteiger partial charge in [0.15, 0.2) is 5.82 Å². The minimum Gasteiger partial charge on any atom is -0.508 e. The van der Waals surface area contributed by atoms with Crippen LogP contribution < -0.4 is 25.2 Å². The number of nitrogens with zero attached hydrogens (tertiary/aromatic N) is 7. The number of terminal acetylenes is 1. The standard InChI is InChI=1S/C54H58FN9O5/c1-2-34-4-3-5-35-25-40(65)26-44(47(34)35)42-10-11-43-49(48(42)55)58-53(59-50(43)63-29-37-6-7-38(30-63)56-37)69-32-54(16-17-54)31-61-18-14-33(15-19-61)27-60-20-22-62(23-21-60)39-8-9-41-36(24-39)28-64(52(41)68)45-12-13-46(66)57-51(45)67/h1,3-5,8-11,24-26,33,37-38,45,56,65H,6-7,12-23,27-32H2,(H,57,66,67)/t37?,38?,45-/m0/s1. The molecule has 5 aromatic rings. The van der Waals surface area contributed by atoms with Gasteiger partial charge in [0.25, 0.3) is 5.91 Å². The van der Waals surface area contributed by atoms with Gasteiger partial charge in [0, 0.05) is 116 Å². The Hall–Kier alpha value is -6.34. The van der Waals surface area contributed by atoms with Gasteiger partial charge in [-0.15, -0.1) is 6.42 Å². The Morgan fingerprint density at radius 1 is 0.841 bits per heavy atom. The summed E-state index contributed by atoms with van der Waals surface area (Å²) >= 11 is 0. The topological polar surface area (TPSA) is 147 Å². The Morgan fingerprint density at radius 3 is 2.38 bits per heavy atom. The van der Waals surface area contributed by atoms with Crippen LogP contribution in [0.5, 0.6) is 11.8 Å². The van der Waals surface area contributed by atoms with Crippen molar-refractivity contribution in [3.8, 4) is 35.2 Å². The van der Waals surface area contributed by atoms with Crippen LogP contribution in [0.3, 0.4) is 0 Å². The maximum Gasteiger partial charge on any atom is 0.319 e. The fourth-order valence-corrected chi connectivity index (χ4v) is 12.2. The number of imide groups is 1. The molecule has 15 heteroatoms. The smallest absolute Gasteiger partial charge is 0.319 e. The van der Waals surface area contributed by atoms with Crippen LogP contribution in [0, 0.1) is 29.5 Å². The van der Waals surface area contributed by atoms with Gasteiger partial charge in [-0.25, -0.2) is 4.39 Å². The third-order valence-corrected chi connectivity index (χ3v) is 16.2. The lowest BCUT2D eigenvalue weighted by Gasteiger charge is -2.40. The summed E-state index contributed by atoms with van der Waals surface area (Å²) in [6.45, 7) is 10.4. The van der Waals surface area contributed by atoms with Gasteiger partial charge in [-0.2, -0.15) is 9.97 Å². The quantitative estimate of drug-likeness (QED) is 0.111. The number of piperidine rings is 2. The van der Waals surface area contributed by atoms with E-state index in [4.69, 9.17) is 21.1 Å². The van der Waals surface area contributed by atoms with Crippen LogP contribution in [-0.4, -0.2) is 138 Å². The molecule has 7 heterocycles. The van der Waals surface area contributed by atoms with Crippen LogP contribution in [-0.2, 0) is 16.1 Å². The van der Waals surface area contributed by atoms with E-state index in [2.05, 4.69) is 42.2 Å². The second-order valence-corrected chi connectivity index (χ2v) is 20.8. The van der Waals surface area contributed by atoms with Gasteiger partial charge >= 0.3 is 6.01 Å². The minimum atomic E-state index is -0.608. The zero-order chi connectivity index (χ0) is 47.0. The van der Waals surface area contributed by atoms with Gasteiger partial charge in [-0.1, -0.05) is 24.1 Å². The normalized spacial score (nSPS) is 24.0. The molecule has 356 valence electrons. The number of aromatic hydroxyl groups is 1. The van der Waals surface area contributed by atoms with Crippen LogP contribution in [0.15, 0.2) is 60.7 Å². The molecule has 14 nitrogen and oxygen atoms in total. The first-order chi connectivity index (χ1) is 33.6. The number of hydrogen-bond donors (Lipinski definition) is 3. The molecule has 4 aromatic carbocycles. The number of ether oxygens (including phenoxy) is 1. The van der Waals surface area contributed by atoms with Crippen molar-refractivity contribution in [2.75, 3.05) is 81.9 Å². The highest BCUT2D eigenvalue weighted by Crippen LogP contribution is 2.47. The highest BCUT2D eigenvalue weighted by molar-refractivity contribution is 6.06. The highest BCUT2D eigenvalue weighted by atomic mass is 19.1. The summed E-state index contributed by atoms with van der Waals surface area (Å²) in [6.07, 6.45) is 13.2. The number of fused-ring (bicyclic) bond motifs is 5. The molecule has 6 fully saturated rings. The van der Waals surface area contributed by atoms with Crippen molar-refractivity contribution in [1.82, 2.24) is 35.3 Å². The molecule has 5 saturated heterocycles. The van der Waals surface area contributed by atoms with Crippen LogP contribution in [0.1, 0.15) is 72.9 Å². The molecule has 0 spiro atoms. The number of halogens is 1. The highest BCUT2D eigenvalue weighted by Gasteiger charge is 2.46. The molecule has 1 aliphatic carbocycles. The van der Waals surface area contributed by atoms with E-state index in [1.165, 1.54) is 0 Å². The number of nitrogens with one attached hydrogen (secondary N) is 2. The van der Waals surface area contributed by atoms with E-state index >= 15 is 4.39 Å². The predicted octanol–water partition coefficient (Wildman–Crippen LogP) is 5.67. The van der Waals surface area contributed by atoms with Crippen molar-refractivity contribution in [1.29, 1.82) is 0 Å². The SMILES string of the molecule is C#Cc1cccc2cc(O)cc(-c3ccc4c(N5CC6CCC(C5)N6)nc(OCC5(CN6CCC(CN7CCN(c8ccc9c(c8)CN([C@H]8CCC(=O)NC8=O)C9=O)CC7)CC6)CC5)nc4c3F)c12. The molecule has 2 unspecified atom stereocenters. The maximum atomic E-state index is 17.2. The largest absolute Gasteiger partial charge is 0.508 e. The lowest BCUT2D eigenvalue weighted by molar-refractivity contribution is -0.136. The van der Waals surface area contributed by atoms with Crippen molar-refractivity contribution in [3.63, 3.8) is 0 Å². The van der Waals surface area contributed by atoms with Gasteiger partial charge in [0.05, 0.1) is 6.61 Å². The number of carbonyl (C=O) groups is 3. The molecule has 3 amide bonds. The fourth-order valence-electron chi connectivity index (χ4n) is 12.2. The number of benzene rings is 4. The number of aromatic nitrogens is 2. The second kappa shape index (κ2) is 17.6. The first-order valence-electron chi connectivity index (χ1n) is 24.9. The number of hydrogen-bond acceptors (Lipinski definition) is 12. The van der Waals surface area contributed by atoms with Gasteiger partial charge in [0.2, 0.25) is 11.8 Å². The third kappa shape index (κ3) is 8.40. The van der Waals surface area contributed by atoms with E-state index in [9.17, 15) is 19.5 Å². The zero-order valence-corrected chi connectivity index (χ0v) is 38.9. The predicted molar refractivity (Wildman–Crippen MR) is 262 cm³/mol. The van der Waals surface area contributed by atoms with Gasteiger partial charge in [0.1, 0.15) is 23.1 Å². The van der Waals surface area contributed by atoms with Crippen LogP contribution in [0.4, 0.5) is 15.9 Å². The van der Waals surface area contributed by atoms with Crippen LogP contribution in [0.2, 0.25) is 0 Å². The van der Waals surface area contributed by atoms with E-state index in [0.717, 1.165) is 121 Å². The number of carbonyl (C=O) groups excluding carboxylic acids is 3. The van der Waals surface area contributed by atoms with Crippen molar-refractivity contribution >= 4 is 50.9 Å². The molecule has 1 aromatic heterocycles. The fraction of sp³-hybridized carbons (Fsp3) is 0.463. The molecule has 3 N–H and O–H groups in total. The van der Waals surface area contributed by atoms with Crippen molar-refractivity contribution in [3.05, 3.63) is 83.2 Å². The summed E-state index contributed by atoms with van der Waals surface area (Å²) in [5.41, 5.74) is 4.34. The first kappa shape index (κ1) is 43.9. The Labute approximate surface area is 401 Å². The molecule has 7 aliphatic rings. The monoisotopic (exact) mass is 931 g/mol. The average molecular weight is 932 g/mol. The Morgan fingerprint density at radius 2 is 1.62 bits per heavy atom. The van der Waals surface area contributed by atoms with Crippen molar-refractivity contribution in [2.45, 2.75) is 76.0 Å². The molecular weight excluding hydrogens is 874 g/mol. The molecular formula is C54H58FN9O5. The number of amides is 3. The number of phenolic OH excluding ortho intramolecular Hbond substituents is 1. The zero-order valence-electron chi connectivity index (χ0n) is 38.9. The van der Waals surface area contributed by atoms with Crippen molar-refractivity contribution in [2.24, 2.45) is 11.3 Å². The van der Waals surface area contributed by atoms with Gasteiger partial charge in [-0.3, -0.25) is 24.6 Å². The van der Waals surface area contributed by atoms with Gasteiger partial charge in [-0.05, 0) is 123 Å².